The van der Waals surface area contributed by atoms with Crippen LogP contribution >= 0.6 is 0 Å². The summed E-state index contributed by atoms with van der Waals surface area (Å²) in [6.07, 6.45) is 0.754. The van der Waals surface area contributed by atoms with Gasteiger partial charge in [0, 0.05) is 20.1 Å². The second-order valence-electron chi connectivity index (χ2n) is 2.66. The smallest absolute Gasteiger partial charge is 0.324 e. The fourth-order valence-electron chi connectivity index (χ4n) is 0.875. The van der Waals surface area contributed by atoms with Crippen LogP contribution in [0.3, 0.4) is 0 Å². The van der Waals surface area contributed by atoms with Gasteiger partial charge in [0.25, 0.3) is 0 Å². The molecule has 84 valence electrons. The summed E-state index contributed by atoms with van der Waals surface area (Å²) in [5.41, 5.74) is 5.42. The van der Waals surface area contributed by atoms with Gasteiger partial charge >= 0.3 is 12.0 Å². The number of hydrogen-bond donors (Lipinski definition) is 1. The second kappa shape index (κ2) is 5.97. The molecule has 0 bridgehead atoms. The Hall–Kier alpha value is -1.63. The zero-order chi connectivity index (χ0) is 11.1. The molecule has 7 heteroatoms. The first kappa shape index (κ1) is 11.4. The minimum absolute atomic E-state index is 0.0728. The highest BCUT2D eigenvalue weighted by Crippen LogP contribution is 2.09. The summed E-state index contributed by atoms with van der Waals surface area (Å²) >= 11 is 0. The highest BCUT2D eigenvalue weighted by Gasteiger charge is 2.04. The van der Waals surface area contributed by atoms with E-state index in [-0.39, 0.29) is 18.0 Å². The SMILES string of the molecule is COCCCOc1nc(N)nc(OC)n1. The lowest BCUT2D eigenvalue weighted by Gasteiger charge is -2.05. The summed E-state index contributed by atoms with van der Waals surface area (Å²) in [6.45, 7) is 1.08. The average molecular weight is 214 g/mol. The van der Waals surface area contributed by atoms with E-state index in [2.05, 4.69) is 15.0 Å². The molecule has 0 aliphatic heterocycles. The lowest BCUT2D eigenvalue weighted by atomic mass is 10.5. The third kappa shape index (κ3) is 3.94. The highest BCUT2D eigenvalue weighted by molar-refractivity contribution is 5.20. The van der Waals surface area contributed by atoms with Gasteiger partial charge in [-0.1, -0.05) is 0 Å². The Morgan fingerprint density at radius 3 is 2.47 bits per heavy atom. The Morgan fingerprint density at radius 2 is 1.80 bits per heavy atom. The van der Waals surface area contributed by atoms with Crippen LogP contribution in [0.5, 0.6) is 12.0 Å². The summed E-state index contributed by atoms with van der Waals surface area (Å²) in [5.74, 6) is 0.0728. The molecule has 0 aliphatic carbocycles. The van der Waals surface area contributed by atoms with E-state index in [9.17, 15) is 0 Å². The molecule has 0 saturated heterocycles. The van der Waals surface area contributed by atoms with Gasteiger partial charge in [-0.2, -0.15) is 9.97 Å². The number of hydrogen-bond acceptors (Lipinski definition) is 7. The van der Waals surface area contributed by atoms with Crippen molar-refractivity contribution in [3.63, 3.8) is 0 Å². The van der Waals surface area contributed by atoms with E-state index in [1.54, 1.807) is 7.11 Å². The van der Waals surface area contributed by atoms with Crippen molar-refractivity contribution >= 4 is 5.95 Å². The van der Waals surface area contributed by atoms with E-state index in [1.807, 2.05) is 0 Å². The quantitative estimate of drug-likeness (QED) is 0.660. The minimum atomic E-state index is 0.0728. The van der Waals surface area contributed by atoms with Gasteiger partial charge < -0.3 is 19.9 Å². The fourth-order valence-corrected chi connectivity index (χ4v) is 0.875. The van der Waals surface area contributed by atoms with E-state index in [0.717, 1.165) is 6.42 Å². The zero-order valence-electron chi connectivity index (χ0n) is 8.77. The summed E-state index contributed by atoms with van der Waals surface area (Å²) in [7, 11) is 3.08. The van der Waals surface area contributed by atoms with Gasteiger partial charge in [-0.15, -0.1) is 4.98 Å². The van der Waals surface area contributed by atoms with E-state index >= 15 is 0 Å². The molecule has 2 N–H and O–H groups in total. The number of aromatic nitrogens is 3. The number of methoxy groups -OCH3 is 2. The monoisotopic (exact) mass is 214 g/mol. The van der Waals surface area contributed by atoms with Crippen LogP contribution in [0.1, 0.15) is 6.42 Å². The number of anilines is 1. The maximum atomic E-state index is 5.42. The molecular weight excluding hydrogens is 200 g/mol. The lowest BCUT2D eigenvalue weighted by Crippen LogP contribution is -2.07. The normalized spacial score (nSPS) is 10.0. The fraction of sp³-hybridized carbons (Fsp3) is 0.625. The van der Waals surface area contributed by atoms with Crippen molar-refractivity contribution in [1.29, 1.82) is 0 Å². The van der Waals surface area contributed by atoms with Gasteiger partial charge in [-0.3, -0.25) is 0 Å². The number of nitrogens with two attached hydrogens (primary N) is 1. The Kier molecular flexibility index (Phi) is 4.55. The van der Waals surface area contributed by atoms with Crippen molar-refractivity contribution < 1.29 is 14.2 Å². The van der Waals surface area contributed by atoms with Crippen molar-refractivity contribution in [3.05, 3.63) is 0 Å². The zero-order valence-corrected chi connectivity index (χ0v) is 8.77. The number of nitrogen functional groups attached to an aromatic ring is 1. The van der Waals surface area contributed by atoms with Crippen molar-refractivity contribution in [2.45, 2.75) is 6.42 Å². The van der Waals surface area contributed by atoms with E-state index in [4.69, 9.17) is 19.9 Å². The van der Waals surface area contributed by atoms with Gasteiger partial charge in [0.05, 0.1) is 13.7 Å². The number of nitrogens with zero attached hydrogens (tertiary/aromatic N) is 3. The van der Waals surface area contributed by atoms with Crippen LogP contribution in [-0.4, -0.2) is 42.4 Å². The van der Waals surface area contributed by atoms with Crippen molar-refractivity contribution in [1.82, 2.24) is 15.0 Å². The van der Waals surface area contributed by atoms with Crippen LogP contribution in [0.25, 0.3) is 0 Å². The molecule has 0 aromatic carbocycles. The minimum Gasteiger partial charge on any atom is -0.467 e. The third-order valence-corrected chi connectivity index (χ3v) is 1.52. The van der Waals surface area contributed by atoms with Gasteiger partial charge in [0.15, 0.2) is 0 Å². The van der Waals surface area contributed by atoms with Gasteiger partial charge in [-0.25, -0.2) is 0 Å². The molecule has 1 aromatic rings. The number of rotatable bonds is 6. The molecular formula is C8H14N4O3. The molecule has 0 radical (unpaired) electrons. The van der Waals surface area contributed by atoms with Crippen LogP contribution in [0.2, 0.25) is 0 Å². The first-order valence-electron chi connectivity index (χ1n) is 4.43. The molecule has 15 heavy (non-hydrogen) atoms. The topological polar surface area (TPSA) is 92.4 Å². The molecule has 0 spiro atoms. The molecule has 1 heterocycles. The Bertz CT molecular complexity index is 308. The van der Waals surface area contributed by atoms with E-state index in [1.165, 1.54) is 7.11 Å². The van der Waals surface area contributed by atoms with Gasteiger partial charge in [0.1, 0.15) is 0 Å². The van der Waals surface area contributed by atoms with Crippen molar-refractivity contribution in [3.8, 4) is 12.0 Å². The van der Waals surface area contributed by atoms with Crippen LogP contribution in [0.15, 0.2) is 0 Å². The largest absolute Gasteiger partial charge is 0.467 e. The molecule has 1 rings (SSSR count). The lowest BCUT2D eigenvalue weighted by molar-refractivity contribution is 0.168. The molecule has 0 fully saturated rings. The highest BCUT2D eigenvalue weighted by atomic mass is 16.5. The predicted molar refractivity (Wildman–Crippen MR) is 52.8 cm³/mol. The van der Waals surface area contributed by atoms with Crippen molar-refractivity contribution in [2.75, 3.05) is 33.2 Å². The summed E-state index contributed by atoms with van der Waals surface area (Å²) < 4.78 is 14.9. The second-order valence-corrected chi connectivity index (χ2v) is 2.66. The van der Waals surface area contributed by atoms with Crippen LogP contribution in [-0.2, 0) is 4.74 Å². The first-order valence-corrected chi connectivity index (χ1v) is 4.43. The molecule has 1 aromatic heterocycles. The Labute approximate surface area is 87.6 Å². The summed E-state index contributed by atoms with van der Waals surface area (Å²) in [4.78, 5) is 11.4. The summed E-state index contributed by atoms with van der Waals surface area (Å²) in [6, 6.07) is 0.305. The predicted octanol–water partition coefficient (Wildman–Crippen LogP) is -0.122. The Balaban J connectivity index is 2.49. The van der Waals surface area contributed by atoms with E-state index in [0.29, 0.717) is 13.2 Å². The van der Waals surface area contributed by atoms with E-state index < -0.39 is 0 Å². The molecule has 0 saturated carbocycles. The van der Waals surface area contributed by atoms with Crippen LogP contribution < -0.4 is 15.2 Å². The van der Waals surface area contributed by atoms with Gasteiger partial charge in [-0.05, 0) is 0 Å². The molecule has 7 nitrogen and oxygen atoms in total. The average Bonchev–Trinajstić information content (AvgIpc) is 2.23. The number of ether oxygens (including phenoxy) is 3. The summed E-state index contributed by atoms with van der Waals surface area (Å²) in [5, 5.41) is 0. The first-order chi connectivity index (χ1) is 7.26. The van der Waals surface area contributed by atoms with Crippen LogP contribution in [0, 0.1) is 0 Å². The Morgan fingerprint density at radius 1 is 1.07 bits per heavy atom. The molecule has 0 unspecified atom stereocenters. The molecule has 0 atom stereocenters. The molecule has 0 amide bonds. The van der Waals surface area contributed by atoms with Gasteiger partial charge in [0.2, 0.25) is 5.95 Å². The maximum Gasteiger partial charge on any atom is 0.324 e. The third-order valence-electron chi connectivity index (χ3n) is 1.52. The van der Waals surface area contributed by atoms with Crippen LogP contribution in [0.4, 0.5) is 5.95 Å². The maximum absolute atomic E-state index is 5.42. The standard InChI is InChI=1S/C8H14N4O3/c1-13-4-3-5-15-8-11-6(9)10-7(12-8)14-2/h3-5H2,1-2H3,(H2,9,10,11,12). The molecule has 0 aliphatic rings. The van der Waals surface area contributed by atoms with Crippen molar-refractivity contribution in [2.24, 2.45) is 0 Å².